The summed E-state index contributed by atoms with van der Waals surface area (Å²) in [6.07, 6.45) is 29.2. The number of hydrogen-bond donors (Lipinski definition) is 0. The standard InChI is InChI=1S/3C16H35O4P.C12H21O3.Ti/c3*1-5-9-11-15(7-3)13-19-21(17,18)20-14-16(8-4)12-10-6-2;1-4-7-14-10-12(6-3,9-13)11-15-8-5-2;/h3*15-16H,5-14H2,1-4H3,(H,17,18);4-5H,1-2,6-11H2,3H3;/q;;;-1;+4/p-3. The van der Waals surface area contributed by atoms with E-state index in [1.165, 1.54) is 0 Å². The van der Waals surface area contributed by atoms with Crippen molar-refractivity contribution in [2.45, 2.75) is 251 Å². The molecule has 0 aromatic rings. The number of phosphoric acid groups is 3. The van der Waals surface area contributed by atoms with Crippen molar-refractivity contribution in [2.75, 3.05) is 72.7 Å². The molecule has 0 bridgehead atoms. The zero-order valence-electron chi connectivity index (χ0n) is 53.0. The second kappa shape index (κ2) is 60.1. The van der Waals surface area contributed by atoms with Crippen molar-refractivity contribution in [1.29, 1.82) is 0 Å². The Morgan fingerprint density at radius 2 is 0.582 bits per heavy atom. The summed E-state index contributed by atoms with van der Waals surface area (Å²) in [6, 6.07) is 0. The number of hydrogen-bond acceptors (Lipinski definition) is 15. The molecule has 0 heterocycles. The molecular formula is C60H123O15P3Ti. The topological polar surface area (TPSA) is 217 Å². The molecule has 0 spiro atoms. The molecule has 6 unspecified atom stereocenters. The summed E-state index contributed by atoms with van der Waals surface area (Å²) in [5, 5.41) is 11.2. The maximum Gasteiger partial charge on any atom is 4.00 e. The van der Waals surface area contributed by atoms with E-state index in [0.717, 1.165) is 161 Å². The maximum absolute atomic E-state index is 11.8. The van der Waals surface area contributed by atoms with Crippen LogP contribution in [0.15, 0.2) is 25.3 Å². The zero-order chi connectivity index (χ0) is 60.0. The van der Waals surface area contributed by atoms with E-state index < -0.39 is 28.9 Å². The SMILES string of the molecule is C=CCOCC(CC)(C[O-])COCC=C.CCCCC(CC)COP(=O)([O-])OCC(CC)CCCC.CCCCC(CC)COP(=O)([O-])OCC(CC)CCCC.CCCCC(CC)COP(=O)([O-])OCC(CC)CCCC.[Ti+4]. The zero-order valence-corrected chi connectivity index (χ0v) is 57.2. The summed E-state index contributed by atoms with van der Waals surface area (Å²) in [6.45, 7) is 37.5. The van der Waals surface area contributed by atoms with Gasteiger partial charge in [-0.25, -0.2) is 0 Å². The first kappa shape index (κ1) is 88.2. The average Bonchev–Trinajstić information content (AvgIpc) is 3.43. The van der Waals surface area contributed by atoms with Crippen molar-refractivity contribution in [3.63, 3.8) is 0 Å². The Morgan fingerprint density at radius 3 is 0.709 bits per heavy atom. The quantitative estimate of drug-likeness (QED) is 0.0239. The second-order valence-electron chi connectivity index (χ2n) is 21.2. The fraction of sp³-hybridized carbons (Fsp3) is 0.933. The first-order valence-corrected chi connectivity index (χ1v) is 35.3. The van der Waals surface area contributed by atoms with Crippen molar-refractivity contribution in [2.24, 2.45) is 40.9 Å². The van der Waals surface area contributed by atoms with Gasteiger partial charge in [-0.05, 0) is 80.5 Å². The van der Waals surface area contributed by atoms with Gasteiger partial charge in [-0.15, -0.1) is 19.8 Å². The third-order valence-corrected chi connectivity index (χ3v) is 17.2. The molecule has 0 N–H and O–H groups in total. The van der Waals surface area contributed by atoms with Crippen LogP contribution in [0, 0.1) is 40.9 Å². The van der Waals surface area contributed by atoms with Crippen molar-refractivity contribution < 1.29 is 91.8 Å². The maximum atomic E-state index is 11.8. The normalized spacial score (nSPS) is 16.0. The Kier molecular flexibility index (Phi) is 67.1. The Balaban J connectivity index is -0.000000309. The fourth-order valence-electron chi connectivity index (χ4n) is 7.83. The number of unbranched alkanes of at least 4 members (excludes halogenated alkanes) is 6. The van der Waals surface area contributed by atoms with E-state index in [0.29, 0.717) is 61.9 Å². The van der Waals surface area contributed by atoms with E-state index in [-0.39, 0.29) is 68.0 Å². The van der Waals surface area contributed by atoms with Crippen molar-refractivity contribution in [1.82, 2.24) is 0 Å². The molecule has 0 aliphatic heterocycles. The molecule has 0 aliphatic carbocycles. The molecule has 0 fully saturated rings. The minimum absolute atomic E-state index is 0. The molecule has 0 aliphatic rings. The molecule has 0 radical (unpaired) electrons. The van der Waals surface area contributed by atoms with Gasteiger partial charge < -0.3 is 56.4 Å². The molecule has 6 atom stereocenters. The van der Waals surface area contributed by atoms with Crippen molar-refractivity contribution >= 4 is 23.5 Å². The van der Waals surface area contributed by atoms with Crippen LogP contribution in [0.1, 0.15) is 251 Å². The molecular weight excluding hydrogens is 1100 g/mol. The molecule has 472 valence electrons. The monoisotopic (exact) mass is 1220 g/mol. The summed E-state index contributed by atoms with van der Waals surface area (Å²) >= 11 is 0. The molecule has 0 saturated heterocycles. The molecule has 79 heavy (non-hydrogen) atoms. The molecule has 0 aromatic carbocycles. The van der Waals surface area contributed by atoms with Crippen LogP contribution in [0.4, 0.5) is 0 Å². The van der Waals surface area contributed by atoms with Gasteiger partial charge in [0.1, 0.15) is 0 Å². The van der Waals surface area contributed by atoms with Crippen LogP contribution in [-0.4, -0.2) is 72.7 Å². The van der Waals surface area contributed by atoms with E-state index in [4.69, 9.17) is 36.6 Å². The Morgan fingerprint density at radius 1 is 0.392 bits per heavy atom. The van der Waals surface area contributed by atoms with Gasteiger partial charge >= 0.3 is 21.7 Å². The van der Waals surface area contributed by atoms with Crippen LogP contribution in [0.3, 0.4) is 0 Å². The molecule has 19 heteroatoms. The number of rotatable bonds is 52. The van der Waals surface area contributed by atoms with Crippen LogP contribution >= 0.6 is 23.5 Å². The Bertz CT molecular complexity index is 1220. The molecule has 0 amide bonds. The first-order chi connectivity index (χ1) is 37.2. The van der Waals surface area contributed by atoms with E-state index in [2.05, 4.69) is 96.2 Å². The van der Waals surface area contributed by atoms with Gasteiger partial charge in [0.25, 0.3) is 23.5 Å². The molecule has 0 aromatic heterocycles. The summed E-state index contributed by atoms with van der Waals surface area (Å²) in [4.78, 5) is 35.4. The van der Waals surface area contributed by atoms with Gasteiger partial charge in [0.2, 0.25) is 0 Å². The minimum atomic E-state index is -4.14. The van der Waals surface area contributed by atoms with Gasteiger partial charge in [-0.2, -0.15) is 0 Å². The van der Waals surface area contributed by atoms with Crippen LogP contribution in [0.5, 0.6) is 0 Å². The second-order valence-corrected chi connectivity index (χ2v) is 25.5. The smallest absolute Gasteiger partial charge is 0.854 e. The van der Waals surface area contributed by atoms with Crippen LogP contribution in [0.25, 0.3) is 0 Å². The fourth-order valence-corrected chi connectivity index (χ4v) is 10.4. The third-order valence-electron chi connectivity index (χ3n) is 14.4. The van der Waals surface area contributed by atoms with Gasteiger partial charge in [-0.3, -0.25) is 13.7 Å². The van der Waals surface area contributed by atoms with Crippen LogP contribution < -0.4 is 19.8 Å². The van der Waals surface area contributed by atoms with E-state index in [1.807, 2.05) is 6.92 Å². The summed E-state index contributed by atoms with van der Waals surface area (Å²) in [7, 11) is -12.4. The van der Waals surface area contributed by atoms with Gasteiger partial charge in [0.15, 0.2) is 0 Å². The molecule has 0 rings (SSSR count). The largest absolute Gasteiger partial charge is 4.00 e. The molecule has 0 saturated carbocycles. The van der Waals surface area contributed by atoms with Gasteiger partial charge in [-0.1, -0.05) is 218 Å². The minimum Gasteiger partial charge on any atom is -0.854 e. The van der Waals surface area contributed by atoms with E-state index in [1.54, 1.807) is 12.2 Å². The Hall–Kier alpha value is 0.404. The summed E-state index contributed by atoms with van der Waals surface area (Å²) < 4.78 is 76.4. The Labute approximate surface area is 502 Å². The third kappa shape index (κ3) is 56.0. The molecule has 15 nitrogen and oxygen atoms in total. The van der Waals surface area contributed by atoms with Crippen LogP contribution in [0.2, 0.25) is 0 Å². The number of phosphoric ester groups is 3. The summed E-state index contributed by atoms with van der Waals surface area (Å²) in [5.41, 5.74) is -0.411. The van der Waals surface area contributed by atoms with Crippen molar-refractivity contribution in [3.05, 3.63) is 25.3 Å². The van der Waals surface area contributed by atoms with Gasteiger partial charge in [0, 0.05) is 5.41 Å². The van der Waals surface area contributed by atoms with E-state index >= 15 is 0 Å². The first-order valence-electron chi connectivity index (χ1n) is 31.0. The van der Waals surface area contributed by atoms with Gasteiger partial charge in [0.05, 0.1) is 66.1 Å². The van der Waals surface area contributed by atoms with E-state index in [9.17, 15) is 33.5 Å². The summed E-state index contributed by atoms with van der Waals surface area (Å²) in [5.74, 6) is 1.82. The number of ether oxygens (including phenoxy) is 2. The van der Waals surface area contributed by atoms with Crippen molar-refractivity contribution in [3.8, 4) is 0 Å². The predicted octanol–water partition coefficient (Wildman–Crippen LogP) is 15.9. The predicted molar refractivity (Wildman–Crippen MR) is 318 cm³/mol. The average molecular weight is 1230 g/mol. The van der Waals surface area contributed by atoms with Crippen LogP contribution in [-0.2, 0) is 72.0 Å².